The van der Waals surface area contributed by atoms with Gasteiger partial charge in [-0.3, -0.25) is 4.79 Å². The fourth-order valence-corrected chi connectivity index (χ4v) is 5.64. The van der Waals surface area contributed by atoms with Crippen LogP contribution in [0.4, 0.5) is 5.69 Å². The maximum Gasteiger partial charge on any atom is 0.161 e. The molecule has 4 aliphatic rings. The summed E-state index contributed by atoms with van der Waals surface area (Å²) in [6.07, 6.45) is 11.5. The van der Waals surface area contributed by atoms with Crippen LogP contribution in [0.15, 0.2) is 30.3 Å². The average molecular weight is 309 g/mol. The fourth-order valence-electron chi connectivity index (χ4n) is 5.64. The minimum atomic E-state index is -0.00513. The minimum absolute atomic E-state index is 0.00513. The lowest BCUT2D eigenvalue weighted by molar-refractivity contribution is -0.138. The summed E-state index contributed by atoms with van der Waals surface area (Å²) in [6, 6.07) is 8.40. The second-order valence-corrected chi connectivity index (χ2v) is 8.38. The Hall–Kier alpha value is -1.57. The van der Waals surface area contributed by atoms with Crippen LogP contribution in [0.3, 0.4) is 0 Å². The molecule has 0 atom stereocenters. The first kappa shape index (κ1) is 15.0. The molecule has 4 bridgehead atoms. The number of carbonyl (C=O) groups is 1. The predicted molar refractivity (Wildman–Crippen MR) is 95.4 cm³/mol. The zero-order chi connectivity index (χ0) is 16.0. The molecule has 122 valence electrons. The van der Waals surface area contributed by atoms with E-state index < -0.39 is 0 Å². The zero-order valence-corrected chi connectivity index (χ0v) is 14.3. The molecule has 4 aliphatic carbocycles. The predicted octanol–water partition coefficient (Wildman–Crippen LogP) is 4.55. The molecule has 0 unspecified atom stereocenters. The van der Waals surface area contributed by atoms with Gasteiger partial charge in [0.05, 0.1) is 0 Å². The summed E-state index contributed by atoms with van der Waals surface area (Å²) in [5, 5.41) is 0. The van der Waals surface area contributed by atoms with Gasteiger partial charge in [0.1, 0.15) is 0 Å². The Morgan fingerprint density at radius 2 is 1.52 bits per heavy atom. The number of carbonyl (C=O) groups excluding carboxylic acids is 1. The van der Waals surface area contributed by atoms with E-state index in [4.69, 9.17) is 0 Å². The molecule has 0 amide bonds. The molecule has 0 aliphatic heterocycles. The first-order valence-corrected chi connectivity index (χ1v) is 9.04. The Morgan fingerprint density at radius 1 is 1.00 bits per heavy atom. The topological polar surface area (TPSA) is 20.3 Å². The largest absolute Gasteiger partial charge is 0.378 e. The summed E-state index contributed by atoms with van der Waals surface area (Å²) >= 11 is 0. The number of hydrogen-bond donors (Lipinski definition) is 0. The van der Waals surface area contributed by atoms with Gasteiger partial charge in [-0.05, 0) is 80.1 Å². The summed E-state index contributed by atoms with van der Waals surface area (Å²) in [6.45, 7) is 0. The molecule has 0 heterocycles. The van der Waals surface area contributed by atoms with Crippen LogP contribution in [-0.2, 0) is 4.79 Å². The monoisotopic (exact) mass is 309 g/mol. The Morgan fingerprint density at radius 3 is 2.00 bits per heavy atom. The third kappa shape index (κ3) is 2.73. The Bertz CT molecular complexity index is 590. The number of allylic oxidation sites excluding steroid dienone is 1. The molecule has 1 aromatic carbocycles. The maximum atomic E-state index is 13.0. The van der Waals surface area contributed by atoms with Gasteiger partial charge in [-0.15, -0.1) is 0 Å². The number of rotatable bonds is 4. The van der Waals surface area contributed by atoms with Gasteiger partial charge in [0.2, 0.25) is 0 Å². The Balaban J connectivity index is 1.49. The highest BCUT2D eigenvalue weighted by Gasteiger charge is 2.53. The third-order valence-corrected chi connectivity index (χ3v) is 6.40. The van der Waals surface area contributed by atoms with Crippen molar-refractivity contribution < 1.29 is 4.79 Å². The molecule has 2 heteroatoms. The molecular weight excluding hydrogens is 282 g/mol. The smallest absolute Gasteiger partial charge is 0.161 e. The van der Waals surface area contributed by atoms with Crippen LogP contribution in [-0.4, -0.2) is 19.9 Å². The summed E-state index contributed by atoms with van der Waals surface area (Å²) in [7, 11) is 4.09. The van der Waals surface area contributed by atoms with Gasteiger partial charge in [0, 0.05) is 25.2 Å². The molecule has 0 saturated heterocycles. The number of benzene rings is 1. The van der Waals surface area contributed by atoms with E-state index in [0.29, 0.717) is 5.78 Å². The summed E-state index contributed by atoms with van der Waals surface area (Å²) in [5.41, 5.74) is 2.30. The molecule has 5 rings (SSSR count). The van der Waals surface area contributed by atoms with Crippen LogP contribution in [0.5, 0.6) is 0 Å². The highest BCUT2D eigenvalue weighted by atomic mass is 16.1. The van der Waals surface area contributed by atoms with Crippen molar-refractivity contribution in [3.63, 3.8) is 0 Å². The maximum absolute atomic E-state index is 13.0. The molecule has 23 heavy (non-hydrogen) atoms. The molecule has 0 radical (unpaired) electrons. The number of nitrogens with zero attached hydrogens (tertiary/aromatic N) is 1. The second kappa shape index (κ2) is 5.51. The Labute approximate surface area is 139 Å². The summed E-state index contributed by atoms with van der Waals surface area (Å²) in [5.74, 6) is 2.89. The first-order valence-electron chi connectivity index (χ1n) is 9.04. The minimum Gasteiger partial charge on any atom is -0.378 e. The molecule has 4 saturated carbocycles. The molecule has 1 aromatic rings. The molecular formula is C21H27NO. The van der Waals surface area contributed by atoms with Crippen molar-refractivity contribution in [2.24, 2.45) is 23.2 Å². The van der Waals surface area contributed by atoms with Crippen molar-refractivity contribution in [1.82, 2.24) is 0 Å². The van der Waals surface area contributed by atoms with Gasteiger partial charge >= 0.3 is 0 Å². The highest BCUT2D eigenvalue weighted by molar-refractivity contribution is 5.98. The number of anilines is 1. The van der Waals surface area contributed by atoms with Crippen LogP contribution >= 0.6 is 0 Å². The van der Waals surface area contributed by atoms with E-state index in [1.54, 1.807) is 0 Å². The van der Waals surface area contributed by atoms with Gasteiger partial charge in [-0.25, -0.2) is 0 Å². The molecule has 0 aromatic heterocycles. The van der Waals surface area contributed by atoms with Crippen LogP contribution in [0, 0.1) is 23.2 Å². The van der Waals surface area contributed by atoms with Crippen LogP contribution < -0.4 is 4.90 Å². The summed E-state index contributed by atoms with van der Waals surface area (Å²) < 4.78 is 0. The van der Waals surface area contributed by atoms with E-state index in [2.05, 4.69) is 29.2 Å². The molecule has 2 nitrogen and oxygen atoms in total. The van der Waals surface area contributed by atoms with E-state index in [9.17, 15) is 4.79 Å². The van der Waals surface area contributed by atoms with Crippen molar-refractivity contribution in [3.05, 3.63) is 35.9 Å². The van der Waals surface area contributed by atoms with Crippen LogP contribution in [0.2, 0.25) is 0 Å². The summed E-state index contributed by atoms with van der Waals surface area (Å²) in [4.78, 5) is 15.0. The lowest BCUT2D eigenvalue weighted by atomic mass is 9.48. The van der Waals surface area contributed by atoms with Crippen molar-refractivity contribution in [1.29, 1.82) is 0 Å². The lowest BCUT2D eigenvalue weighted by Gasteiger charge is -2.55. The van der Waals surface area contributed by atoms with E-state index in [-0.39, 0.29) is 5.41 Å². The number of hydrogen-bond acceptors (Lipinski definition) is 2. The van der Waals surface area contributed by atoms with Gasteiger partial charge in [0.25, 0.3) is 0 Å². The number of ketones is 1. The van der Waals surface area contributed by atoms with Gasteiger partial charge in [0.15, 0.2) is 5.78 Å². The quantitative estimate of drug-likeness (QED) is 0.760. The first-order chi connectivity index (χ1) is 11.0. The fraction of sp³-hybridized carbons (Fsp3) is 0.571. The SMILES string of the molecule is CN(C)c1ccc(/C=C/C(=O)C23CC4CC(CC(C4)C2)C3)cc1. The second-order valence-electron chi connectivity index (χ2n) is 8.38. The van der Waals surface area contributed by atoms with Crippen molar-refractivity contribution in [3.8, 4) is 0 Å². The molecule has 0 N–H and O–H groups in total. The van der Waals surface area contributed by atoms with E-state index in [1.165, 1.54) is 24.9 Å². The zero-order valence-electron chi connectivity index (χ0n) is 14.3. The lowest BCUT2D eigenvalue weighted by Crippen LogP contribution is -2.49. The van der Waals surface area contributed by atoms with Crippen molar-refractivity contribution in [2.45, 2.75) is 38.5 Å². The highest BCUT2D eigenvalue weighted by Crippen LogP contribution is 2.60. The van der Waals surface area contributed by atoms with Crippen molar-refractivity contribution in [2.75, 3.05) is 19.0 Å². The molecule has 4 fully saturated rings. The van der Waals surface area contributed by atoms with Crippen molar-refractivity contribution >= 4 is 17.5 Å². The Kier molecular flexibility index (Phi) is 3.59. The standard InChI is InChI=1S/C21H27NO/c1-22(2)19-6-3-15(4-7-19)5-8-20(23)21-12-16-9-17(13-21)11-18(10-16)14-21/h3-8,16-18H,9-14H2,1-2H3/b8-5+. The van der Waals surface area contributed by atoms with Gasteiger partial charge in [-0.1, -0.05) is 18.2 Å². The van der Waals surface area contributed by atoms with E-state index >= 15 is 0 Å². The van der Waals surface area contributed by atoms with Gasteiger partial charge in [-0.2, -0.15) is 0 Å². The normalized spacial score (nSPS) is 35.0. The van der Waals surface area contributed by atoms with Crippen LogP contribution in [0.25, 0.3) is 6.08 Å². The van der Waals surface area contributed by atoms with E-state index in [0.717, 1.165) is 42.6 Å². The average Bonchev–Trinajstić information content (AvgIpc) is 2.51. The molecule has 0 spiro atoms. The van der Waals surface area contributed by atoms with Crippen LogP contribution in [0.1, 0.15) is 44.1 Å². The third-order valence-electron chi connectivity index (χ3n) is 6.40. The van der Waals surface area contributed by atoms with E-state index in [1.807, 2.05) is 26.2 Å². The van der Waals surface area contributed by atoms with Gasteiger partial charge < -0.3 is 4.90 Å².